The number of benzene rings is 2. The third-order valence-corrected chi connectivity index (χ3v) is 10.3. The van der Waals surface area contributed by atoms with Crippen molar-refractivity contribution in [2.24, 2.45) is 16.3 Å². The summed E-state index contributed by atoms with van der Waals surface area (Å²) < 4.78 is 21.7. The lowest BCUT2D eigenvalue weighted by Crippen LogP contribution is -2.44. The van der Waals surface area contributed by atoms with Crippen molar-refractivity contribution in [3.63, 3.8) is 0 Å². The van der Waals surface area contributed by atoms with Crippen LogP contribution >= 0.6 is 0 Å². The highest BCUT2D eigenvalue weighted by Crippen LogP contribution is 2.57. The number of amidine groups is 1. The number of pyridine rings is 1. The van der Waals surface area contributed by atoms with Crippen LogP contribution < -0.4 is 15.6 Å². The van der Waals surface area contributed by atoms with Crippen LogP contribution in [0.2, 0.25) is 0 Å². The maximum Gasteiger partial charge on any atom is 0.227 e. The Balaban J connectivity index is 1.31. The lowest BCUT2D eigenvalue weighted by molar-refractivity contribution is -0.0609. The third kappa shape index (κ3) is 4.95. The number of likely N-dealkylation sites (tertiary alicyclic amines) is 1. The van der Waals surface area contributed by atoms with Gasteiger partial charge in [0, 0.05) is 31.9 Å². The molecule has 1 unspecified atom stereocenters. The van der Waals surface area contributed by atoms with Gasteiger partial charge in [0.25, 0.3) is 0 Å². The molecule has 2 aliphatic heterocycles. The number of hydroxylamine groups is 1. The number of anilines is 1. The molecule has 3 aromatic rings. The molecule has 3 N–H and O–H groups in total. The Morgan fingerprint density at radius 2 is 2.02 bits per heavy atom. The smallest absolute Gasteiger partial charge is 0.227 e. The van der Waals surface area contributed by atoms with Gasteiger partial charge in [-0.15, -0.1) is 0 Å². The number of aliphatic hydroxyl groups excluding tert-OH is 1. The van der Waals surface area contributed by atoms with Gasteiger partial charge in [-0.3, -0.25) is 4.98 Å². The fraction of sp³-hybridized carbons (Fsp3) is 0.529. The van der Waals surface area contributed by atoms with Crippen molar-refractivity contribution in [3.05, 3.63) is 53.0 Å². The summed E-state index contributed by atoms with van der Waals surface area (Å²) >= 11 is 0. The molecule has 4 aliphatic rings. The van der Waals surface area contributed by atoms with Gasteiger partial charge in [0.05, 0.1) is 29.7 Å². The van der Waals surface area contributed by atoms with Crippen molar-refractivity contribution in [3.8, 4) is 17.0 Å². The summed E-state index contributed by atoms with van der Waals surface area (Å²) in [6.45, 7) is 6.55. The molecule has 2 aromatic carbocycles. The van der Waals surface area contributed by atoms with Gasteiger partial charge >= 0.3 is 0 Å². The van der Waals surface area contributed by atoms with Gasteiger partial charge in [0.2, 0.25) is 6.35 Å². The molecule has 2 saturated carbocycles. The number of aromatic nitrogens is 1. The van der Waals surface area contributed by atoms with Crippen LogP contribution in [0.1, 0.15) is 68.6 Å². The van der Waals surface area contributed by atoms with Crippen LogP contribution in [-0.4, -0.2) is 60.0 Å². The Hall–Kier alpha value is -3.27. The van der Waals surface area contributed by atoms with Gasteiger partial charge in [0.15, 0.2) is 0 Å². The molecule has 0 bridgehead atoms. The van der Waals surface area contributed by atoms with Crippen molar-refractivity contribution >= 4 is 22.3 Å². The van der Waals surface area contributed by atoms with Crippen LogP contribution in [0.4, 0.5) is 10.1 Å². The zero-order chi connectivity index (χ0) is 29.7. The first-order valence-electron chi connectivity index (χ1n) is 15.9. The predicted octanol–water partition coefficient (Wildman–Crippen LogP) is 5.93. The van der Waals surface area contributed by atoms with Crippen LogP contribution in [-0.2, 0) is 11.2 Å². The standard InChI is InChI=1S/C34H42FN5O3/c1-4-25-28(35)9-8-21-14-24(43-36-3)16-26(29(21)25)30-20(2)31-27(18-37-30)32(40-12-6-5-7-13-40)39-33(38-31)42-19-34-11-10-22(34)15-23(41)17-34/h8-9,14,16,18,22-23,33,36,38,41H,4-7,10-13,15,17,19H2,1-3H3/t22-,23+,33?,34+/m1/s1. The van der Waals surface area contributed by atoms with Gasteiger partial charge < -0.3 is 24.9 Å². The van der Waals surface area contributed by atoms with E-state index in [1.807, 2.05) is 25.3 Å². The molecule has 4 atom stereocenters. The molecule has 0 spiro atoms. The quantitative estimate of drug-likeness (QED) is 0.295. The monoisotopic (exact) mass is 587 g/mol. The van der Waals surface area contributed by atoms with E-state index >= 15 is 4.39 Å². The molecular formula is C34H42FN5O3. The number of hydrogen-bond donors (Lipinski definition) is 3. The Labute approximate surface area is 252 Å². The predicted molar refractivity (Wildman–Crippen MR) is 167 cm³/mol. The fourth-order valence-corrected chi connectivity index (χ4v) is 7.98. The highest BCUT2D eigenvalue weighted by molar-refractivity contribution is 6.07. The minimum Gasteiger partial charge on any atom is -0.409 e. The minimum atomic E-state index is -0.536. The Kier molecular flexibility index (Phi) is 7.51. The maximum absolute atomic E-state index is 15.1. The summed E-state index contributed by atoms with van der Waals surface area (Å²) in [5.41, 5.74) is 7.97. The van der Waals surface area contributed by atoms with E-state index in [1.54, 1.807) is 13.1 Å². The van der Waals surface area contributed by atoms with E-state index in [0.29, 0.717) is 30.3 Å². The first-order chi connectivity index (χ1) is 20.9. The van der Waals surface area contributed by atoms with Crippen molar-refractivity contribution in [1.82, 2.24) is 15.4 Å². The van der Waals surface area contributed by atoms with Gasteiger partial charge in [-0.2, -0.15) is 5.48 Å². The van der Waals surface area contributed by atoms with Gasteiger partial charge in [-0.25, -0.2) is 9.38 Å². The summed E-state index contributed by atoms with van der Waals surface area (Å²) in [6, 6.07) is 7.20. The van der Waals surface area contributed by atoms with Crippen molar-refractivity contribution < 1.29 is 19.1 Å². The number of halogens is 1. The molecule has 7 rings (SSSR count). The number of aliphatic hydroxyl groups is 1. The fourth-order valence-electron chi connectivity index (χ4n) is 7.98. The summed E-state index contributed by atoms with van der Waals surface area (Å²) in [6.07, 6.45) is 9.16. The Morgan fingerprint density at radius 3 is 2.74 bits per heavy atom. The lowest BCUT2D eigenvalue weighted by atomic mass is 9.62. The largest absolute Gasteiger partial charge is 0.409 e. The number of aliphatic imine (C=N–C) groups is 1. The summed E-state index contributed by atoms with van der Waals surface area (Å²) in [7, 11) is 1.72. The van der Waals surface area contributed by atoms with E-state index in [2.05, 4.69) is 22.6 Å². The van der Waals surface area contributed by atoms with Crippen LogP contribution in [0.15, 0.2) is 35.5 Å². The van der Waals surface area contributed by atoms with E-state index in [-0.39, 0.29) is 17.3 Å². The second kappa shape index (κ2) is 11.3. The number of hydrogen-bond acceptors (Lipinski definition) is 8. The second-order valence-corrected chi connectivity index (χ2v) is 12.8. The van der Waals surface area contributed by atoms with E-state index in [9.17, 15) is 5.11 Å². The maximum atomic E-state index is 15.1. The number of piperidine rings is 1. The van der Waals surface area contributed by atoms with Crippen LogP contribution in [0.25, 0.3) is 22.0 Å². The van der Waals surface area contributed by atoms with Crippen LogP contribution in [0, 0.1) is 24.1 Å². The number of rotatable bonds is 7. The molecule has 8 nitrogen and oxygen atoms in total. The first kappa shape index (κ1) is 28.5. The average Bonchev–Trinajstić information content (AvgIpc) is 3.23. The average molecular weight is 588 g/mol. The minimum absolute atomic E-state index is 0.0634. The van der Waals surface area contributed by atoms with Gasteiger partial charge in [0.1, 0.15) is 17.4 Å². The Bertz CT molecular complexity index is 1570. The van der Waals surface area contributed by atoms with Crippen LogP contribution in [0.5, 0.6) is 5.75 Å². The van der Waals surface area contributed by atoms with Crippen molar-refractivity contribution in [2.75, 3.05) is 32.1 Å². The highest BCUT2D eigenvalue weighted by Gasteiger charge is 2.53. The van der Waals surface area contributed by atoms with Crippen molar-refractivity contribution in [2.45, 2.75) is 77.7 Å². The number of nitrogens with zero attached hydrogens (tertiary/aromatic N) is 3. The zero-order valence-corrected chi connectivity index (χ0v) is 25.4. The molecule has 43 heavy (non-hydrogen) atoms. The lowest BCUT2D eigenvalue weighted by Gasteiger charge is -2.45. The number of aryl methyl sites for hydroxylation is 1. The number of fused-ring (bicyclic) bond motifs is 3. The number of ether oxygens (including phenoxy) is 1. The zero-order valence-electron chi connectivity index (χ0n) is 25.4. The molecule has 1 aromatic heterocycles. The molecular weight excluding hydrogens is 545 g/mol. The summed E-state index contributed by atoms with van der Waals surface area (Å²) in [4.78, 5) is 18.2. The molecule has 0 amide bonds. The summed E-state index contributed by atoms with van der Waals surface area (Å²) in [5.74, 6) is 1.88. The molecule has 3 heterocycles. The van der Waals surface area contributed by atoms with E-state index in [1.165, 1.54) is 18.9 Å². The Morgan fingerprint density at radius 1 is 1.19 bits per heavy atom. The van der Waals surface area contributed by atoms with E-state index in [0.717, 1.165) is 89.9 Å². The normalized spacial score (nSPS) is 26.4. The summed E-state index contributed by atoms with van der Waals surface area (Å²) in [5, 5.41) is 15.7. The first-order valence-corrected chi connectivity index (χ1v) is 15.9. The van der Waals surface area contributed by atoms with Gasteiger partial charge in [-0.1, -0.05) is 13.0 Å². The second-order valence-electron chi connectivity index (χ2n) is 12.8. The molecule has 228 valence electrons. The SMILES string of the molecule is CCc1c(F)ccc2cc(ONC)cc(-c3ncc4c(c3C)NC(OC[C@@]35CC[C@@H]3C[C@H](O)C5)N=C4N3CCCCC3)c12. The van der Waals surface area contributed by atoms with Gasteiger partial charge in [-0.05, 0) is 110 Å². The highest BCUT2D eigenvalue weighted by atomic mass is 19.1. The molecule has 3 fully saturated rings. The molecule has 0 radical (unpaired) electrons. The third-order valence-electron chi connectivity index (χ3n) is 10.3. The van der Waals surface area contributed by atoms with Crippen LogP contribution in [0.3, 0.4) is 0 Å². The molecule has 1 saturated heterocycles. The van der Waals surface area contributed by atoms with E-state index in [4.69, 9.17) is 19.6 Å². The molecule has 9 heteroatoms. The van der Waals surface area contributed by atoms with Crippen molar-refractivity contribution in [1.29, 1.82) is 0 Å². The topological polar surface area (TPSA) is 91.2 Å². The van der Waals surface area contributed by atoms with E-state index < -0.39 is 6.35 Å². The number of nitrogens with one attached hydrogen (secondary N) is 2. The molecule has 2 aliphatic carbocycles.